The van der Waals surface area contributed by atoms with Crippen molar-refractivity contribution in [1.82, 2.24) is 4.90 Å². The fourth-order valence-electron chi connectivity index (χ4n) is 4.80. The van der Waals surface area contributed by atoms with E-state index in [-0.39, 0.29) is 0 Å². The lowest BCUT2D eigenvalue weighted by Crippen LogP contribution is -2.34. The molecule has 0 radical (unpaired) electrons. The summed E-state index contributed by atoms with van der Waals surface area (Å²) in [6.07, 6.45) is 9.40. The van der Waals surface area contributed by atoms with E-state index in [2.05, 4.69) is 21.9 Å². The normalized spacial score (nSPS) is 20.3. The van der Waals surface area contributed by atoms with Crippen LogP contribution in [0.1, 0.15) is 42.4 Å². The highest BCUT2D eigenvalue weighted by Gasteiger charge is 2.42. The number of hydrogen-bond acceptors (Lipinski definition) is 4. The molecular formula is C29H26ClFN2O2. The summed E-state index contributed by atoms with van der Waals surface area (Å²) >= 11 is 5.93. The summed E-state index contributed by atoms with van der Waals surface area (Å²) in [4.78, 5) is 6.94. The van der Waals surface area contributed by atoms with Crippen LogP contribution in [0.3, 0.4) is 0 Å². The third-order valence-corrected chi connectivity index (χ3v) is 6.89. The fourth-order valence-corrected chi connectivity index (χ4v) is 4.96. The van der Waals surface area contributed by atoms with Gasteiger partial charge < -0.3 is 9.47 Å². The highest BCUT2D eigenvalue weighted by atomic mass is 35.5. The molecule has 3 aromatic rings. The van der Waals surface area contributed by atoms with Crippen molar-refractivity contribution in [1.29, 1.82) is 0 Å². The molecule has 178 valence electrons. The molecule has 1 atom stereocenters. The van der Waals surface area contributed by atoms with E-state index in [4.69, 9.17) is 27.5 Å². The van der Waals surface area contributed by atoms with Crippen LogP contribution in [0.25, 0.3) is 0 Å². The van der Waals surface area contributed by atoms with Crippen molar-refractivity contribution in [2.75, 3.05) is 19.6 Å². The molecule has 1 saturated heterocycles. The SMILES string of the molecule is C#Cc1cccc(N=CCN2CCC(c3cccc4c3OC(C)(c3ccc(Cl)cc3F)O4)CC2)c1. The Bertz CT molecular complexity index is 1310. The summed E-state index contributed by atoms with van der Waals surface area (Å²) in [5, 5.41) is 0.337. The Labute approximate surface area is 210 Å². The van der Waals surface area contributed by atoms with Gasteiger partial charge in [0.2, 0.25) is 0 Å². The lowest BCUT2D eigenvalue weighted by atomic mass is 9.88. The van der Waals surface area contributed by atoms with Crippen LogP contribution in [-0.2, 0) is 5.79 Å². The first kappa shape index (κ1) is 23.4. The number of halogens is 2. The minimum absolute atomic E-state index is 0.325. The lowest BCUT2D eigenvalue weighted by molar-refractivity contribution is -0.0711. The van der Waals surface area contributed by atoms with Crippen molar-refractivity contribution >= 4 is 23.5 Å². The smallest absolute Gasteiger partial charge is 0.278 e. The molecule has 0 amide bonds. The number of aliphatic imine (C=N–C) groups is 1. The summed E-state index contributed by atoms with van der Waals surface area (Å²) in [6, 6.07) is 18.2. The zero-order chi connectivity index (χ0) is 24.4. The van der Waals surface area contributed by atoms with E-state index in [1.54, 1.807) is 19.1 Å². The second kappa shape index (κ2) is 9.73. The predicted octanol–water partition coefficient (Wildman–Crippen LogP) is 6.69. The summed E-state index contributed by atoms with van der Waals surface area (Å²) in [5.74, 6) is 2.64. The number of likely N-dealkylation sites (tertiary alicyclic amines) is 1. The topological polar surface area (TPSA) is 34.1 Å². The number of nitrogens with zero attached hydrogens (tertiary/aromatic N) is 2. The summed E-state index contributed by atoms with van der Waals surface area (Å²) < 4.78 is 27.1. The molecule has 0 saturated carbocycles. The Hall–Kier alpha value is -3.33. The van der Waals surface area contributed by atoms with Crippen LogP contribution in [0, 0.1) is 18.2 Å². The first-order valence-corrected chi connectivity index (χ1v) is 12.1. The third kappa shape index (κ3) is 4.91. The van der Waals surface area contributed by atoms with Crippen LogP contribution >= 0.6 is 11.6 Å². The monoisotopic (exact) mass is 488 g/mol. The molecule has 6 heteroatoms. The highest BCUT2D eigenvalue weighted by Crippen LogP contribution is 2.49. The largest absolute Gasteiger partial charge is 0.444 e. The molecule has 0 N–H and O–H groups in total. The van der Waals surface area contributed by atoms with Gasteiger partial charge in [-0.3, -0.25) is 9.89 Å². The van der Waals surface area contributed by atoms with Crippen molar-refractivity contribution in [3.8, 4) is 23.8 Å². The van der Waals surface area contributed by atoms with Crippen LogP contribution in [0.5, 0.6) is 11.5 Å². The first-order valence-electron chi connectivity index (χ1n) is 11.7. The number of benzene rings is 3. The molecule has 2 aliphatic rings. The number of para-hydroxylation sites is 1. The minimum atomic E-state index is -1.24. The summed E-state index contributed by atoms with van der Waals surface area (Å²) in [5.41, 5.74) is 3.13. The lowest BCUT2D eigenvalue weighted by Gasteiger charge is -2.31. The maximum atomic E-state index is 14.6. The maximum Gasteiger partial charge on any atom is 0.278 e. The van der Waals surface area contributed by atoms with Gasteiger partial charge in [-0.2, -0.15) is 0 Å². The van der Waals surface area contributed by atoms with E-state index in [9.17, 15) is 4.39 Å². The van der Waals surface area contributed by atoms with E-state index in [1.807, 2.05) is 42.6 Å². The van der Waals surface area contributed by atoms with Gasteiger partial charge in [-0.25, -0.2) is 4.39 Å². The van der Waals surface area contributed by atoms with Crippen LogP contribution in [0.2, 0.25) is 5.02 Å². The average molecular weight is 489 g/mol. The zero-order valence-electron chi connectivity index (χ0n) is 19.5. The van der Waals surface area contributed by atoms with Gasteiger partial charge in [0.25, 0.3) is 5.79 Å². The molecule has 0 aliphatic carbocycles. The number of rotatable bonds is 5. The van der Waals surface area contributed by atoms with Gasteiger partial charge in [-0.15, -0.1) is 6.42 Å². The number of terminal acetylenes is 1. The van der Waals surface area contributed by atoms with Crippen molar-refractivity contribution in [2.24, 2.45) is 4.99 Å². The predicted molar refractivity (Wildman–Crippen MR) is 137 cm³/mol. The zero-order valence-corrected chi connectivity index (χ0v) is 20.3. The molecule has 1 fully saturated rings. The molecule has 2 heterocycles. The van der Waals surface area contributed by atoms with Crippen LogP contribution in [0.4, 0.5) is 10.1 Å². The average Bonchev–Trinajstić information content (AvgIpc) is 3.21. The van der Waals surface area contributed by atoms with E-state index in [0.717, 1.165) is 49.3 Å². The van der Waals surface area contributed by atoms with Crippen molar-refractivity contribution < 1.29 is 13.9 Å². The van der Waals surface area contributed by atoms with E-state index in [1.165, 1.54) is 6.07 Å². The van der Waals surface area contributed by atoms with Crippen LogP contribution in [0.15, 0.2) is 65.7 Å². The van der Waals surface area contributed by atoms with Gasteiger partial charge in [0.1, 0.15) is 5.82 Å². The number of fused-ring (bicyclic) bond motifs is 1. The first-order chi connectivity index (χ1) is 16.9. The highest BCUT2D eigenvalue weighted by molar-refractivity contribution is 6.30. The van der Waals surface area contributed by atoms with Gasteiger partial charge in [0.15, 0.2) is 11.5 Å². The molecule has 2 aliphatic heterocycles. The maximum absolute atomic E-state index is 14.6. The molecule has 3 aromatic carbocycles. The van der Waals surface area contributed by atoms with Gasteiger partial charge in [0.05, 0.1) is 11.3 Å². The minimum Gasteiger partial charge on any atom is -0.444 e. The number of ether oxygens (including phenoxy) is 2. The Balaban J connectivity index is 1.24. The van der Waals surface area contributed by atoms with Gasteiger partial charge >= 0.3 is 0 Å². The van der Waals surface area contributed by atoms with Crippen LogP contribution < -0.4 is 9.47 Å². The Morgan fingerprint density at radius 1 is 1.14 bits per heavy atom. The second-order valence-electron chi connectivity index (χ2n) is 9.03. The van der Waals surface area contributed by atoms with E-state index in [0.29, 0.717) is 28.0 Å². The summed E-state index contributed by atoms with van der Waals surface area (Å²) in [7, 11) is 0. The van der Waals surface area contributed by atoms with Crippen molar-refractivity contribution in [3.05, 3.63) is 88.2 Å². The van der Waals surface area contributed by atoms with Crippen molar-refractivity contribution in [2.45, 2.75) is 31.5 Å². The van der Waals surface area contributed by atoms with E-state index < -0.39 is 11.6 Å². The Morgan fingerprint density at radius 2 is 1.94 bits per heavy atom. The quantitative estimate of drug-likeness (QED) is 0.296. The van der Waals surface area contributed by atoms with Gasteiger partial charge in [-0.1, -0.05) is 35.7 Å². The van der Waals surface area contributed by atoms with Crippen LogP contribution in [-0.4, -0.2) is 30.7 Å². The second-order valence-corrected chi connectivity index (χ2v) is 9.47. The van der Waals surface area contributed by atoms with E-state index >= 15 is 0 Å². The molecule has 1 unspecified atom stereocenters. The molecule has 5 rings (SSSR count). The van der Waals surface area contributed by atoms with Gasteiger partial charge in [0, 0.05) is 35.8 Å². The number of piperidine rings is 1. The Kier molecular flexibility index (Phi) is 6.51. The Morgan fingerprint density at radius 3 is 2.71 bits per heavy atom. The molecule has 0 bridgehead atoms. The summed E-state index contributed by atoms with van der Waals surface area (Å²) in [6.45, 7) is 4.43. The molecule has 0 aromatic heterocycles. The molecule has 35 heavy (non-hydrogen) atoms. The molecule has 4 nitrogen and oxygen atoms in total. The van der Waals surface area contributed by atoms with Crippen molar-refractivity contribution in [3.63, 3.8) is 0 Å². The molecule has 0 spiro atoms. The number of hydrogen-bond donors (Lipinski definition) is 0. The standard InChI is InChI=1S/C29H26ClFN2O2/c1-3-20-6-4-7-23(18-20)32-14-17-33-15-12-21(13-16-33)24-8-5-9-27-28(24)35-29(2,34-27)25-11-10-22(30)19-26(25)31/h1,4-11,14,18-19,21H,12-13,15-17H2,2H3. The molecular weight excluding hydrogens is 463 g/mol. The third-order valence-electron chi connectivity index (χ3n) is 6.65. The van der Waals surface area contributed by atoms with Gasteiger partial charge in [-0.05, 0) is 74.3 Å². The fraction of sp³-hybridized carbons (Fsp3) is 0.276.